The summed E-state index contributed by atoms with van der Waals surface area (Å²) >= 11 is 0. The van der Waals surface area contributed by atoms with Crippen LogP contribution in [0.15, 0.2) is 110 Å². The standard InChI is InChI=1S/C29H20N4/c1-3-7-24-22(5-1)14-20(16-26(24)28-18-30-9-11-32-28)13-21-15-23-6-2-4-8-25(23)27(17-21)29-19-31-10-12-33-29/h1-12,14-19H,13H2. The average Bonchev–Trinajstić information content (AvgIpc) is 2.89. The van der Waals surface area contributed by atoms with E-state index in [-0.39, 0.29) is 0 Å². The SMILES string of the molecule is c1ccc2c(-c3cnccn3)cc(Cc3cc(-c4cnccn4)c4ccccc4c3)cc2c1. The average molecular weight is 425 g/mol. The van der Waals surface area contributed by atoms with E-state index < -0.39 is 0 Å². The Bertz CT molecular complexity index is 1460. The van der Waals surface area contributed by atoms with Crippen LogP contribution < -0.4 is 0 Å². The van der Waals surface area contributed by atoms with Crippen molar-refractivity contribution in [3.63, 3.8) is 0 Å². The molecule has 4 aromatic carbocycles. The lowest BCUT2D eigenvalue weighted by Crippen LogP contribution is -1.95. The molecule has 0 fully saturated rings. The molecule has 0 bridgehead atoms. The zero-order chi connectivity index (χ0) is 22.0. The number of fused-ring (bicyclic) bond motifs is 2. The van der Waals surface area contributed by atoms with Crippen LogP contribution in [-0.4, -0.2) is 19.9 Å². The van der Waals surface area contributed by atoms with Gasteiger partial charge in [-0.05, 0) is 51.2 Å². The highest BCUT2D eigenvalue weighted by molar-refractivity contribution is 5.97. The summed E-state index contributed by atoms with van der Waals surface area (Å²) in [6.07, 6.45) is 11.4. The molecule has 0 amide bonds. The molecule has 33 heavy (non-hydrogen) atoms. The number of rotatable bonds is 4. The maximum absolute atomic E-state index is 4.56. The fourth-order valence-electron chi connectivity index (χ4n) is 4.49. The zero-order valence-corrected chi connectivity index (χ0v) is 17.9. The third-order valence-electron chi connectivity index (χ3n) is 5.93. The first-order valence-corrected chi connectivity index (χ1v) is 10.9. The number of benzene rings is 4. The van der Waals surface area contributed by atoms with E-state index in [2.05, 4.69) is 92.7 Å². The summed E-state index contributed by atoms with van der Waals surface area (Å²) in [6.45, 7) is 0. The van der Waals surface area contributed by atoms with Gasteiger partial charge in [0.05, 0.1) is 23.8 Å². The third-order valence-corrected chi connectivity index (χ3v) is 5.93. The Morgan fingerprint density at radius 2 is 1.00 bits per heavy atom. The minimum Gasteiger partial charge on any atom is -0.261 e. The van der Waals surface area contributed by atoms with Crippen LogP contribution in [0.4, 0.5) is 0 Å². The minimum absolute atomic E-state index is 0.802. The molecule has 4 heteroatoms. The molecule has 0 aliphatic heterocycles. The van der Waals surface area contributed by atoms with E-state index >= 15 is 0 Å². The molecule has 2 aromatic heterocycles. The van der Waals surface area contributed by atoms with E-state index in [0.717, 1.165) is 28.9 Å². The van der Waals surface area contributed by atoms with Crippen LogP contribution >= 0.6 is 0 Å². The summed E-state index contributed by atoms with van der Waals surface area (Å²) in [5, 5.41) is 4.76. The van der Waals surface area contributed by atoms with Crippen LogP contribution in [0.1, 0.15) is 11.1 Å². The topological polar surface area (TPSA) is 51.6 Å². The highest BCUT2D eigenvalue weighted by Crippen LogP contribution is 2.32. The van der Waals surface area contributed by atoms with Crippen molar-refractivity contribution < 1.29 is 0 Å². The summed E-state index contributed by atoms with van der Waals surface area (Å²) in [5.74, 6) is 0. The van der Waals surface area contributed by atoms with Gasteiger partial charge >= 0.3 is 0 Å². The molecule has 0 saturated heterocycles. The van der Waals surface area contributed by atoms with Crippen molar-refractivity contribution in [1.82, 2.24) is 19.9 Å². The fourth-order valence-corrected chi connectivity index (χ4v) is 4.49. The summed E-state index contributed by atoms with van der Waals surface area (Å²) in [4.78, 5) is 17.7. The molecule has 4 nitrogen and oxygen atoms in total. The molecule has 0 unspecified atom stereocenters. The first kappa shape index (κ1) is 19.3. The minimum atomic E-state index is 0.802. The van der Waals surface area contributed by atoms with Gasteiger partial charge in [0.15, 0.2) is 0 Å². The Hall–Kier alpha value is -4.44. The van der Waals surface area contributed by atoms with Gasteiger partial charge in [-0.25, -0.2) is 0 Å². The smallest absolute Gasteiger partial charge is 0.0891 e. The highest BCUT2D eigenvalue weighted by Gasteiger charge is 2.11. The molecule has 0 atom stereocenters. The molecule has 6 rings (SSSR count). The van der Waals surface area contributed by atoms with Crippen LogP contribution in [0, 0.1) is 0 Å². The normalized spacial score (nSPS) is 11.2. The Labute approximate surface area is 191 Å². The van der Waals surface area contributed by atoms with E-state index in [1.54, 1.807) is 24.8 Å². The second-order valence-corrected chi connectivity index (χ2v) is 8.09. The maximum atomic E-state index is 4.56. The molecule has 0 saturated carbocycles. The molecular weight excluding hydrogens is 404 g/mol. The molecule has 0 aliphatic carbocycles. The van der Waals surface area contributed by atoms with E-state index in [4.69, 9.17) is 0 Å². The second-order valence-electron chi connectivity index (χ2n) is 8.09. The van der Waals surface area contributed by atoms with Gasteiger partial charge in [0.2, 0.25) is 0 Å². The Balaban J connectivity index is 1.50. The lowest BCUT2D eigenvalue weighted by molar-refractivity contribution is 1.18. The van der Waals surface area contributed by atoms with Crippen molar-refractivity contribution in [2.75, 3.05) is 0 Å². The number of hydrogen-bond donors (Lipinski definition) is 0. The van der Waals surface area contributed by atoms with Gasteiger partial charge in [-0.1, -0.05) is 60.7 Å². The summed E-state index contributed by atoms with van der Waals surface area (Å²) in [5.41, 5.74) is 6.44. The number of aromatic nitrogens is 4. The molecule has 2 heterocycles. The summed E-state index contributed by atoms with van der Waals surface area (Å²) in [7, 11) is 0. The van der Waals surface area contributed by atoms with Crippen molar-refractivity contribution in [2.45, 2.75) is 6.42 Å². The molecule has 0 radical (unpaired) electrons. The second kappa shape index (κ2) is 8.24. The van der Waals surface area contributed by atoms with Gasteiger partial charge in [0.25, 0.3) is 0 Å². The molecule has 0 aliphatic rings. The summed E-state index contributed by atoms with van der Waals surface area (Å²) < 4.78 is 0. The molecule has 6 aromatic rings. The van der Waals surface area contributed by atoms with Gasteiger partial charge in [-0.15, -0.1) is 0 Å². The number of nitrogens with zero attached hydrogens (tertiary/aromatic N) is 4. The van der Waals surface area contributed by atoms with Crippen LogP contribution in [-0.2, 0) is 6.42 Å². The first-order chi connectivity index (χ1) is 16.3. The van der Waals surface area contributed by atoms with E-state index in [9.17, 15) is 0 Å². The van der Waals surface area contributed by atoms with Crippen molar-refractivity contribution in [2.24, 2.45) is 0 Å². The monoisotopic (exact) mass is 424 g/mol. The lowest BCUT2D eigenvalue weighted by atomic mass is 9.93. The zero-order valence-electron chi connectivity index (χ0n) is 17.9. The van der Waals surface area contributed by atoms with Gasteiger partial charge in [0, 0.05) is 35.9 Å². The quantitative estimate of drug-likeness (QED) is 0.324. The van der Waals surface area contributed by atoms with Crippen molar-refractivity contribution in [1.29, 1.82) is 0 Å². The van der Waals surface area contributed by atoms with Gasteiger partial charge in [-0.3, -0.25) is 19.9 Å². The van der Waals surface area contributed by atoms with Crippen LogP contribution in [0.2, 0.25) is 0 Å². The van der Waals surface area contributed by atoms with Crippen molar-refractivity contribution in [3.8, 4) is 22.5 Å². The predicted octanol–water partition coefficient (Wildman–Crippen LogP) is 6.50. The Kier molecular flexibility index (Phi) is 4.81. The third kappa shape index (κ3) is 3.72. The van der Waals surface area contributed by atoms with Crippen molar-refractivity contribution >= 4 is 21.5 Å². The summed E-state index contributed by atoms with van der Waals surface area (Å²) in [6, 6.07) is 25.9. The van der Waals surface area contributed by atoms with Crippen molar-refractivity contribution in [3.05, 3.63) is 121 Å². The van der Waals surface area contributed by atoms with Gasteiger partial charge in [0.1, 0.15) is 0 Å². The lowest BCUT2D eigenvalue weighted by Gasteiger charge is -2.13. The molecular formula is C29H20N4. The number of hydrogen-bond acceptors (Lipinski definition) is 4. The van der Waals surface area contributed by atoms with E-state index in [1.807, 2.05) is 12.4 Å². The fraction of sp³-hybridized carbons (Fsp3) is 0.0345. The van der Waals surface area contributed by atoms with Crippen LogP contribution in [0.25, 0.3) is 44.1 Å². The Morgan fingerprint density at radius 3 is 1.45 bits per heavy atom. The first-order valence-electron chi connectivity index (χ1n) is 10.9. The molecule has 0 spiro atoms. The van der Waals surface area contributed by atoms with E-state index in [1.165, 1.54) is 32.7 Å². The molecule has 156 valence electrons. The van der Waals surface area contributed by atoms with Crippen LogP contribution in [0.5, 0.6) is 0 Å². The van der Waals surface area contributed by atoms with Gasteiger partial charge < -0.3 is 0 Å². The molecule has 0 N–H and O–H groups in total. The Morgan fingerprint density at radius 1 is 0.515 bits per heavy atom. The maximum Gasteiger partial charge on any atom is 0.0891 e. The van der Waals surface area contributed by atoms with E-state index in [0.29, 0.717) is 0 Å². The largest absolute Gasteiger partial charge is 0.261 e. The van der Waals surface area contributed by atoms with Crippen LogP contribution in [0.3, 0.4) is 0 Å². The predicted molar refractivity (Wildman–Crippen MR) is 133 cm³/mol. The van der Waals surface area contributed by atoms with Gasteiger partial charge in [-0.2, -0.15) is 0 Å². The highest BCUT2D eigenvalue weighted by atomic mass is 14.8.